The Morgan fingerprint density at radius 1 is 0.968 bits per heavy atom. The molecular weight excluding hydrogens is 414 g/mol. The van der Waals surface area contributed by atoms with E-state index in [0.29, 0.717) is 24.3 Å². The van der Waals surface area contributed by atoms with Crippen molar-refractivity contribution in [2.45, 2.75) is 12.8 Å². The molecule has 0 saturated carbocycles. The van der Waals surface area contributed by atoms with Crippen molar-refractivity contribution in [3.8, 4) is 11.5 Å². The van der Waals surface area contributed by atoms with E-state index in [1.165, 1.54) is 5.56 Å². The third-order valence-corrected chi connectivity index (χ3v) is 5.68. The molecule has 5 nitrogen and oxygen atoms in total. The summed E-state index contributed by atoms with van der Waals surface area (Å²) in [5, 5.41) is 2.91. The zero-order valence-electron chi connectivity index (χ0n) is 17.3. The monoisotopic (exact) mass is 435 g/mol. The number of hydrogen-bond acceptors (Lipinski definition) is 5. The zero-order valence-corrected chi connectivity index (χ0v) is 18.1. The number of fused-ring (bicyclic) bond motifs is 4. The molecule has 1 aromatic heterocycles. The van der Waals surface area contributed by atoms with E-state index in [9.17, 15) is 4.79 Å². The molecule has 0 amide bonds. The number of benzene rings is 3. The van der Waals surface area contributed by atoms with Crippen molar-refractivity contribution < 1.29 is 13.9 Å². The van der Waals surface area contributed by atoms with Gasteiger partial charge in [-0.15, -0.1) is 12.4 Å². The summed E-state index contributed by atoms with van der Waals surface area (Å²) in [6.45, 7) is 0.708. The second kappa shape index (κ2) is 8.44. The molecule has 6 heteroatoms. The minimum absolute atomic E-state index is 0. The van der Waals surface area contributed by atoms with Crippen molar-refractivity contribution in [3.63, 3.8) is 0 Å². The van der Waals surface area contributed by atoms with Gasteiger partial charge >= 0.3 is 5.63 Å². The van der Waals surface area contributed by atoms with Crippen LogP contribution in [0.2, 0.25) is 0 Å². The van der Waals surface area contributed by atoms with Gasteiger partial charge in [0.2, 0.25) is 0 Å². The largest absolute Gasteiger partial charge is 0.493 e. The first-order chi connectivity index (χ1) is 14.7. The number of nitrogens with zero attached hydrogens (tertiary/aromatic N) is 1. The first-order valence-corrected chi connectivity index (χ1v) is 9.91. The van der Waals surface area contributed by atoms with E-state index in [2.05, 4.69) is 6.07 Å². The van der Waals surface area contributed by atoms with Gasteiger partial charge in [-0.1, -0.05) is 36.4 Å². The van der Waals surface area contributed by atoms with Crippen molar-refractivity contribution in [3.05, 3.63) is 81.7 Å². The third kappa shape index (κ3) is 3.66. The number of hydrogen-bond donors (Lipinski definition) is 0. The Labute approximate surface area is 185 Å². The van der Waals surface area contributed by atoms with Crippen LogP contribution in [0, 0.1) is 0 Å². The molecule has 1 aliphatic heterocycles. The summed E-state index contributed by atoms with van der Waals surface area (Å²) in [6.07, 6.45) is 1.39. The van der Waals surface area contributed by atoms with Gasteiger partial charge in [0.05, 0.1) is 14.2 Å². The number of aliphatic imine (C=N–C) groups is 1. The van der Waals surface area contributed by atoms with Crippen molar-refractivity contribution in [1.82, 2.24) is 0 Å². The lowest BCUT2D eigenvalue weighted by atomic mass is 9.92. The van der Waals surface area contributed by atoms with E-state index in [1.807, 2.05) is 42.5 Å². The molecule has 0 atom stereocenters. The van der Waals surface area contributed by atoms with Crippen molar-refractivity contribution in [2.24, 2.45) is 4.99 Å². The number of rotatable bonds is 4. The van der Waals surface area contributed by atoms with Gasteiger partial charge in [0.15, 0.2) is 11.5 Å². The van der Waals surface area contributed by atoms with Crippen molar-refractivity contribution in [1.29, 1.82) is 0 Å². The van der Waals surface area contributed by atoms with Crippen LogP contribution in [-0.2, 0) is 12.8 Å². The Morgan fingerprint density at radius 3 is 2.55 bits per heavy atom. The van der Waals surface area contributed by atoms with Crippen LogP contribution in [-0.4, -0.2) is 26.5 Å². The summed E-state index contributed by atoms with van der Waals surface area (Å²) in [5.74, 6) is 1.39. The van der Waals surface area contributed by atoms with Crippen LogP contribution in [0.3, 0.4) is 0 Å². The first kappa shape index (κ1) is 20.9. The van der Waals surface area contributed by atoms with Gasteiger partial charge in [0.25, 0.3) is 0 Å². The third-order valence-electron chi connectivity index (χ3n) is 5.68. The summed E-state index contributed by atoms with van der Waals surface area (Å²) in [5.41, 5.74) is 4.35. The van der Waals surface area contributed by atoms with Crippen molar-refractivity contribution >= 4 is 39.9 Å². The summed E-state index contributed by atoms with van der Waals surface area (Å²) in [6, 6.07) is 17.6. The average Bonchev–Trinajstić information content (AvgIpc) is 2.78. The van der Waals surface area contributed by atoms with Gasteiger partial charge in [-0.05, 0) is 35.1 Å². The number of ether oxygens (including phenoxy) is 2. The fourth-order valence-corrected chi connectivity index (χ4v) is 4.23. The second-order valence-electron chi connectivity index (χ2n) is 7.37. The Balaban J connectivity index is 0.00000231. The highest BCUT2D eigenvalue weighted by Crippen LogP contribution is 2.34. The molecule has 0 radical (unpaired) electrons. The Bertz CT molecular complexity index is 1370. The SMILES string of the molecule is COc1cc2c(cc1OC)C(Cc1cc(=O)oc3c1ccc1ccccc13)=NCC2.Cl. The predicted molar refractivity (Wildman–Crippen MR) is 126 cm³/mol. The molecule has 0 bridgehead atoms. The molecule has 0 saturated heterocycles. The lowest BCUT2D eigenvalue weighted by Crippen LogP contribution is -2.17. The Morgan fingerprint density at radius 2 is 1.74 bits per heavy atom. The minimum Gasteiger partial charge on any atom is -0.493 e. The lowest BCUT2D eigenvalue weighted by molar-refractivity contribution is 0.354. The molecule has 5 rings (SSSR count). The quantitative estimate of drug-likeness (QED) is 0.335. The Hall–Kier alpha value is -3.31. The van der Waals surface area contributed by atoms with E-state index in [4.69, 9.17) is 18.9 Å². The Kier molecular flexibility index (Phi) is 5.70. The van der Waals surface area contributed by atoms with E-state index in [-0.39, 0.29) is 18.0 Å². The predicted octanol–water partition coefficient (Wildman–Crippen LogP) is 4.97. The topological polar surface area (TPSA) is 61.0 Å². The fraction of sp³-hybridized carbons (Fsp3) is 0.200. The lowest BCUT2D eigenvalue weighted by Gasteiger charge is -2.20. The second-order valence-corrected chi connectivity index (χ2v) is 7.37. The van der Waals surface area contributed by atoms with Gasteiger partial charge in [-0.2, -0.15) is 0 Å². The van der Waals surface area contributed by atoms with Gasteiger partial charge < -0.3 is 13.9 Å². The van der Waals surface area contributed by atoms with Crippen LogP contribution < -0.4 is 15.1 Å². The molecule has 2 heterocycles. The highest BCUT2D eigenvalue weighted by atomic mass is 35.5. The van der Waals surface area contributed by atoms with Crippen molar-refractivity contribution in [2.75, 3.05) is 20.8 Å². The molecule has 0 unspecified atom stereocenters. The van der Waals surface area contributed by atoms with Crippen LogP contribution >= 0.6 is 12.4 Å². The summed E-state index contributed by atoms with van der Waals surface area (Å²) >= 11 is 0. The maximum absolute atomic E-state index is 12.4. The van der Waals surface area contributed by atoms with Gasteiger partial charge in [-0.25, -0.2) is 4.79 Å². The van der Waals surface area contributed by atoms with Gasteiger partial charge in [0, 0.05) is 41.1 Å². The maximum Gasteiger partial charge on any atom is 0.336 e. The summed E-state index contributed by atoms with van der Waals surface area (Å²) in [4.78, 5) is 17.2. The molecule has 158 valence electrons. The summed E-state index contributed by atoms with van der Waals surface area (Å²) in [7, 11) is 3.27. The molecule has 31 heavy (non-hydrogen) atoms. The molecule has 1 aliphatic rings. The van der Waals surface area contributed by atoms with E-state index in [0.717, 1.165) is 45.2 Å². The summed E-state index contributed by atoms with van der Waals surface area (Å²) < 4.78 is 16.6. The van der Waals surface area contributed by atoms with Crippen LogP contribution in [0.25, 0.3) is 21.7 Å². The first-order valence-electron chi connectivity index (χ1n) is 9.91. The van der Waals surface area contributed by atoms with E-state index >= 15 is 0 Å². The van der Waals surface area contributed by atoms with Crippen LogP contribution in [0.5, 0.6) is 11.5 Å². The van der Waals surface area contributed by atoms with E-state index < -0.39 is 0 Å². The maximum atomic E-state index is 12.4. The van der Waals surface area contributed by atoms with Crippen LogP contribution in [0.4, 0.5) is 0 Å². The van der Waals surface area contributed by atoms with E-state index in [1.54, 1.807) is 20.3 Å². The minimum atomic E-state index is -0.349. The average molecular weight is 436 g/mol. The molecule has 0 aliphatic carbocycles. The molecule has 0 N–H and O–H groups in total. The smallest absolute Gasteiger partial charge is 0.336 e. The standard InChI is InChI=1S/C25H21NO4.ClH/c1-28-22-12-16-9-10-26-21(20(16)14-23(22)29-2)11-17-13-24(27)30-25-18-6-4-3-5-15(18)7-8-19(17)25;/h3-8,12-14H,9-11H2,1-2H3;1H. The van der Waals surface area contributed by atoms with Gasteiger partial charge in [-0.3, -0.25) is 4.99 Å². The number of halogens is 1. The molecular formula is C25H22ClNO4. The molecule has 0 fully saturated rings. The highest BCUT2D eigenvalue weighted by molar-refractivity contribution is 6.09. The van der Waals surface area contributed by atoms with Gasteiger partial charge in [0.1, 0.15) is 5.58 Å². The molecule has 3 aromatic carbocycles. The fourth-order valence-electron chi connectivity index (χ4n) is 4.23. The van der Waals surface area contributed by atoms with Crippen LogP contribution in [0.1, 0.15) is 16.7 Å². The number of methoxy groups -OCH3 is 2. The highest BCUT2D eigenvalue weighted by Gasteiger charge is 2.20. The van der Waals surface area contributed by atoms with Crippen LogP contribution in [0.15, 0.2) is 68.8 Å². The molecule has 4 aromatic rings. The molecule has 0 spiro atoms. The normalized spacial score (nSPS) is 12.8. The zero-order chi connectivity index (χ0) is 20.7.